The molecule has 2 aliphatic rings. The van der Waals surface area contributed by atoms with Gasteiger partial charge in [-0.1, -0.05) is 13.0 Å². The number of pyridine rings is 1. The third-order valence-corrected chi connectivity index (χ3v) is 4.94. The van der Waals surface area contributed by atoms with Crippen LogP contribution in [-0.4, -0.2) is 17.1 Å². The molecule has 0 radical (unpaired) electrons. The minimum Gasteiger partial charge on any atom is -0.363 e. The Bertz CT molecular complexity index is 447. The molecule has 2 aliphatic carbocycles. The first-order chi connectivity index (χ1) is 9.21. The predicted molar refractivity (Wildman–Crippen MR) is 79.3 cm³/mol. The maximum atomic E-state index is 6.05. The van der Waals surface area contributed by atoms with Gasteiger partial charge in [0.1, 0.15) is 5.82 Å². The van der Waals surface area contributed by atoms with Gasteiger partial charge >= 0.3 is 0 Å². The van der Waals surface area contributed by atoms with E-state index in [1.54, 1.807) is 0 Å². The number of hydrogen-bond donors (Lipinski definition) is 2. The first kappa shape index (κ1) is 12.9. The van der Waals surface area contributed by atoms with E-state index in [1.165, 1.54) is 49.8 Å². The Hall–Kier alpha value is -1.09. The van der Waals surface area contributed by atoms with Crippen LogP contribution in [0.4, 0.5) is 5.82 Å². The van der Waals surface area contributed by atoms with E-state index < -0.39 is 0 Å². The van der Waals surface area contributed by atoms with Crippen molar-refractivity contribution in [1.29, 1.82) is 0 Å². The predicted octanol–water partition coefficient (Wildman–Crippen LogP) is 2.89. The maximum Gasteiger partial charge on any atom is 0.126 e. The van der Waals surface area contributed by atoms with Crippen molar-refractivity contribution in [3.05, 3.63) is 23.4 Å². The molecule has 0 unspecified atom stereocenters. The Morgan fingerprint density at radius 3 is 2.84 bits per heavy atom. The highest BCUT2D eigenvalue weighted by Crippen LogP contribution is 2.34. The highest BCUT2D eigenvalue weighted by atomic mass is 15.1. The Balaban J connectivity index is 1.75. The van der Waals surface area contributed by atoms with E-state index in [-0.39, 0.29) is 5.54 Å². The molecule has 3 rings (SSSR count). The first-order valence-corrected chi connectivity index (χ1v) is 7.68. The van der Waals surface area contributed by atoms with Crippen LogP contribution in [0.1, 0.15) is 50.3 Å². The molecule has 0 saturated heterocycles. The normalized spacial score (nSPS) is 30.1. The van der Waals surface area contributed by atoms with E-state index in [4.69, 9.17) is 10.7 Å². The van der Waals surface area contributed by atoms with Crippen LogP contribution in [0.3, 0.4) is 0 Å². The lowest BCUT2D eigenvalue weighted by Gasteiger charge is -2.39. The molecule has 104 valence electrons. The number of fused-ring (bicyclic) bond motifs is 1. The first-order valence-electron chi connectivity index (χ1n) is 7.68. The Morgan fingerprint density at radius 1 is 1.32 bits per heavy atom. The average molecular weight is 259 g/mol. The van der Waals surface area contributed by atoms with Crippen molar-refractivity contribution in [1.82, 2.24) is 4.98 Å². The van der Waals surface area contributed by atoms with E-state index in [2.05, 4.69) is 24.4 Å². The zero-order chi connectivity index (χ0) is 13.3. The summed E-state index contributed by atoms with van der Waals surface area (Å²) in [5, 5.41) is 3.66. The SMILES string of the molecule is CC1CCC(CN)(Nc2ccc3c(n2)CCC3)CC1. The van der Waals surface area contributed by atoms with E-state index >= 15 is 0 Å². The van der Waals surface area contributed by atoms with Crippen LogP contribution in [0, 0.1) is 5.92 Å². The van der Waals surface area contributed by atoms with Gasteiger partial charge < -0.3 is 11.1 Å². The highest BCUT2D eigenvalue weighted by Gasteiger charge is 2.33. The lowest BCUT2D eigenvalue weighted by Crippen LogP contribution is -2.48. The standard InChI is InChI=1S/C16H25N3/c1-12-7-9-16(11-17,10-8-12)19-15-6-5-13-3-2-4-14(13)18-15/h5-6,12H,2-4,7-11,17H2,1H3,(H,18,19). The molecule has 3 heteroatoms. The number of hydrogen-bond acceptors (Lipinski definition) is 3. The van der Waals surface area contributed by atoms with Crippen molar-refractivity contribution >= 4 is 5.82 Å². The van der Waals surface area contributed by atoms with Gasteiger partial charge in [0.2, 0.25) is 0 Å². The number of nitrogens with zero attached hydrogens (tertiary/aromatic N) is 1. The molecule has 0 spiro atoms. The number of aryl methyl sites for hydroxylation is 2. The maximum absolute atomic E-state index is 6.05. The summed E-state index contributed by atoms with van der Waals surface area (Å²) in [4.78, 5) is 4.79. The summed E-state index contributed by atoms with van der Waals surface area (Å²) in [6.07, 6.45) is 8.47. The average Bonchev–Trinajstić information content (AvgIpc) is 2.89. The van der Waals surface area contributed by atoms with Crippen molar-refractivity contribution < 1.29 is 0 Å². The zero-order valence-electron chi connectivity index (χ0n) is 11.9. The smallest absolute Gasteiger partial charge is 0.126 e. The number of aromatic nitrogens is 1. The molecular formula is C16H25N3. The van der Waals surface area contributed by atoms with Gasteiger partial charge in [-0.3, -0.25) is 0 Å². The summed E-state index contributed by atoms with van der Waals surface area (Å²) in [6, 6.07) is 4.38. The van der Waals surface area contributed by atoms with Crippen LogP contribution in [0.5, 0.6) is 0 Å². The third-order valence-electron chi connectivity index (χ3n) is 4.94. The molecule has 3 nitrogen and oxygen atoms in total. The second kappa shape index (κ2) is 5.12. The Kier molecular flexibility index (Phi) is 3.48. The van der Waals surface area contributed by atoms with Crippen LogP contribution >= 0.6 is 0 Å². The second-order valence-corrected chi connectivity index (χ2v) is 6.45. The van der Waals surface area contributed by atoms with Crippen molar-refractivity contribution in [2.45, 2.75) is 57.4 Å². The molecular weight excluding hydrogens is 234 g/mol. The van der Waals surface area contributed by atoms with Crippen LogP contribution in [0.15, 0.2) is 12.1 Å². The Labute approximate surface area is 116 Å². The van der Waals surface area contributed by atoms with Gasteiger partial charge in [-0.15, -0.1) is 0 Å². The van der Waals surface area contributed by atoms with Crippen molar-refractivity contribution in [3.63, 3.8) is 0 Å². The van der Waals surface area contributed by atoms with Gasteiger partial charge in [-0.05, 0) is 62.5 Å². The molecule has 1 heterocycles. The molecule has 0 aliphatic heterocycles. The fraction of sp³-hybridized carbons (Fsp3) is 0.688. The topological polar surface area (TPSA) is 50.9 Å². The van der Waals surface area contributed by atoms with Gasteiger partial charge in [-0.2, -0.15) is 0 Å². The number of nitrogens with one attached hydrogen (secondary N) is 1. The summed E-state index contributed by atoms with van der Waals surface area (Å²) in [7, 11) is 0. The number of anilines is 1. The minimum absolute atomic E-state index is 0.0757. The molecule has 1 aromatic rings. The molecule has 0 aromatic carbocycles. The lowest BCUT2D eigenvalue weighted by molar-refractivity contribution is 0.271. The summed E-state index contributed by atoms with van der Waals surface area (Å²) < 4.78 is 0. The van der Waals surface area contributed by atoms with Crippen LogP contribution in [0.2, 0.25) is 0 Å². The second-order valence-electron chi connectivity index (χ2n) is 6.45. The fourth-order valence-corrected chi connectivity index (χ4v) is 3.46. The summed E-state index contributed by atoms with van der Waals surface area (Å²) in [5.74, 6) is 1.87. The fourth-order valence-electron chi connectivity index (χ4n) is 3.46. The molecule has 0 atom stereocenters. The monoisotopic (exact) mass is 259 g/mol. The molecule has 19 heavy (non-hydrogen) atoms. The van der Waals surface area contributed by atoms with E-state index in [0.717, 1.165) is 18.2 Å². The van der Waals surface area contributed by atoms with Crippen LogP contribution in [0.25, 0.3) is 0 Å². The largest absolute Gasteiger partial charge is 0.363 e. The minimum atomic E-state index is 0.0757. The van der Waals surface area contributed by atoms with E-state index in [1.807, 2.05) is 0 Å². The molecule has 1 fully saturated rings. The van der Waals surface area contributed by atoms with Gasteiger partial charge in [0.15, 0.2) is 0 Å². The molecule has 1 aromatic heterocycles. The van der Waals surface area contributed by atoms with Crippen molar-refractivity contribution in [3.8, 4) is 0 Å². The van der Waals surface area contributed by atoms with Crippen molar-refractivity contribution in [2.75, 3.05) is 11.9 Å². The summed E-state index contributed by atoms with van der Waals surface area (Å²) in [6.45, 7) is 3.05. The van der Waals surface area contributed by atoms with Crippen LogP contribution in [-0.2, 0) is 12.8 Å². The molecule has 1 saturated carbocycles. The summed E-state index contributed by atoms with van der Waals surface area (Å²) >= 11 is 0. The zero-order valence-corrected chi connectivity index (χ0v) is 11.9. The van der Waals surface area contributed by atoms with E-state index in [0.29, 0.717) is 6.54 Å². The van der Waals surface area contributed by atoms with Crippen LogP contribution < -0.4 is 11.1 Å². The van der Waals surface area contributed by atoms with Gasteiger partial charge in [0.05, 0.1) is 5.54 Å². The lowest BCUT2D eigenvalue weighted by atomic mass is 9.77. The van der Waals surface area contributed by atoms with Gasteiger partial charge in [-0.25, -0.2) is 4.98 Å². The third kappa shape index (κ3) is 2.62. The highest BCUT2D eigenvalue weighted by molar-refractivity contribution is 5.43. The molecule has 0 bridgehead atoms. The molecule has 0 amide bonds. The number of nitrogens with two attached hydrogens (primary N) is 1. The van der Waals surface area contributed by atoms with E-state index in [9.17, 15) is 0 Å². The molecule has 3 N–H and O–H groups in total. The number of rotatable bonds is 3. The van der Waals surface area contributed by atoms with Gasteiger partial charge in [0, 0.05) is 12.2 Å². The Morgan fingerprint density at radius 2 is 2.11 bits per heavy atom. The van der Waals surface area contributed by atoms with Crippen molar-refractivity contribution in [2.24, 2.45) is 11.7 Å². The quantitative estimate of drug-likeness (QED) is 0.877. The van der Waals surface area contributed by atoms with Gasteiger partial charge in [0.25, 0.3) is 0 Å². The summed E-state index contributed by atoms with van der Waals surface area (Å²) in [5.41, 5.74) is 8.86.